The Morgan fingerprint density at radius 1 is 1.35 bits per heavy atom. The summed E-state index contributed by atoms with van der Waals surface area (Å²) in [6.45, 7) is 4.19. The van der Waals surface area contributed by atoms with Gasteiger partial charge in [0.05, 0.1) is 11.5 Å². The number of nitrogens with zero attached hydrogens (tertiary/aromatic N) is 1. The van der Waals surface area contributed by atoms with Crippen LogP contribution in [0.25, 0.3) is 0 Å². The second-order valence-corrected chi connectivity index (χ2v) is 7.68. The largest absolute Gasteiger partial charge is 0.383 e. The van der Waals surface area contributed by atoms with Crippen molar-refractivity contribution in [3.63, 3.8) is 0 Å². The maximum Gasteiger partial charge on any atom is 0.253 e. The van der Waals surface area contributed by atoms with E-state index in [4.69, 9.17) is 4.74 Å². The van der Waals surface area contributed by atoms with Gasteiger partial charge in [0.1, 0.15) is 0 Å². The van der Waals surface area contributed by atoms with Crippen LogP contribution in [0.1, 0.15) is 30.1 Å². The second kappa shape index (κ2) is 7.90. The summed E-state index contributed by atoms with van der Waals surface area (Å²) in [6, 6.07) is 6.09. The molecule has 6 nitrogen and oxygen atoms in total. The van der Waals surface area contributed by atoms with E-state index in [1.54, 1.807) is 12.1 Å². The van der Waals surface area contributed by atoms with E-state index in [0.717, 1.165) is 25.9 Å². The molecule has 1 aliphatic rings. The number of amides is 1. The number of likely N-dealkylation sites (tertiary alicyclic amines) is 1. The highest BCUT2D eigenvalue weighted by Crippen LogP contribution is 2.19. The smallest absolute Gasteiger partial charge is 0.253 e. The number of rotatable bonds is 6. The van der Waals surface area contributed by atoms with Crippen molar-refractivity contribution in [2.75, 3.05) is 33.4 Å². The molecule has 1 heterocycles. The minimum Gasteiger partial charge on any atom is -0.383 e. The van der Waals surface area contributed by atoms with Gasteiger partial charge in [0.25, 0.3) is 5.91 Å². The molecule has 128 valence electrons. The van der Waals surface area contributed by atoms with Crippen molar-refractivity contribution >= 4 is 15.9 Å². The van der Waals surface area contributed by atoms with Gasteiger partial charge in [-0.3, -0.25) is 4.79 Å². The molecule has 1 aliphatic heterocycles. The lowest BCUT2D eigenvalue weighted by molar-refractivity contribution is 0.0683. The third-order valence-electron chi connectivity index (χ3n) is 3.95. The van der Waals surface area contributed by atoms with Gasteiger partial charge >= 0.3 is 0 Å². The zero-order valence-electron chi connectivity index (χ0n) is 13.6. The van der Waals surface area contributed by atoms with Gasteiger partial charge < -0.3 is 9.64 Å². The second-order valence-electron chi connectivity index (χ2n) is 5.91. The maximum atomic E-state index is 12.5. The lowest BCUT2D eigenvalue weighted by Gasteiger charge is -2.31. The Hall–Kier alpha value is -1.44. The fourth-order valence-electron chi connectivity index (χ4n) is 2.69. The average molecular weight is 340 g/mol. The summed E-state index contributed by atoms with van der Waals surface area (Å²) in [5.74, 6) is 0.477. The van der Waals surface area contributed by atoms with Gasteiger partial charge in [-0.25, -0.2) is 13.1 Å². The van der Waals surface area contributed by atoms with E-state index in [1.807, 2.05) is 4.90 Å². The van der Waals surface area contributed by atoms with E-state index in [0.29, 0.717) is 18.1 Å². The van der Waals surface area contributed by atoms with Crippen molar-refractivity contribution in [3.05, 3.63) is 29.8 Å². The molecule has 1 atom stereocenters. The van der Waals surface area contributed by atoms with Gasteiger partial charge in [0.15, 0.2) is 0 Å². The minimum atomic E-state index is -3.56. The van der Waals surface area contributed by atoms with Gasteiger partial charge in [-0.2, -0.15) is 0 Å². The normalized spacial score (nSPS) is 18.9. The Balaban J connectivity index is 2.05. The standard InChI is InChI=1S/C16H24N2O4S/c1-13-4-3-10-18(12-13)16(19)14-5-7-15(8-6-14)23(20,21)17-9-11-22-2/h5-8,13,17H,3-4,9-12H2,1-2H3. The highest BCUT2D eigenvalue weighted by Gasteiger charge is 2.22. The van der Waals surface area contributed by atoms with Gasteiger partial charge in [-0.1, -0.05) is 6.92 Å². The summed E-state index contributed by atoms with van der Waals surface area (Å²) in [5, 5.41) is 0. The number of sulfonamides is 1. The number of carbonyl (C=O) groups excluding carboxylic acids is 1. The Labute approximate surface area is 137 Å². The molecule has 23 heavy (non-hydrogen) atoms. The van der Waals surface area contributed by atoms with Crippen LogP contribution < -0.4 is 4.72 Å². The molecule has 1 aromatic rings. The Bertz CT molecular complexity index is 628. The van der Waals surface area contributed by atoms with Crippen LogP contribution in [0.2, 0.25) is 0 Å². The molecule has 1 amide bonds. The van der Waals surface area contributed by atoms with Crippen LogP contribution in [0.3, 0.4) is 0 Å². The van der Waals surface area contributed by atoms with Crippen molar-refractivity contribution in [1.29, 1.82) is 0 Å². The molecule has 0 aromatic heterocycles. The van der Waals surface area contributed by atoms with Crippen LogP contribution in [-0.2, 0) is 14.8 Å². The molecule has 1 aromatic carbocycles. The summed E-state index contributed by atoms with van der Waals surface area (Å²) in [4.78, 5) is 14.5. The first kappa shape index (κ1) is 17.9. The van der Waals surface area contributed by atoms with Crippen LogP contribution in [0.15, 0.2) is 29.2 Å². The number of carbonyl (C=O) groups is 1. The number of hydrogen-bond acceptors (Lipinski definition) is 4. The molecule has 0 aliphatic carbocycles. The van der Waals surface area contributed by atoms with Crippen LogP contribution in [-0.4, -0.2) is 52.6 Å². The molecule has 0 radical (unpaired) electrons. The van der Waals surface area contributed by atoms with Crippen LogP contribution >= 0.6 is 0 Å². The van der Waals surface area contributed by atoms with Crippen LogP contribution in [0.4, 0.5) is 0 Å². The predicted molar refractivity (Wildman–Crippen MR) is 87.8 cm³/mol. The first-order chi connectivity index (χ1) is 10.9. The SMILES string of the molecule is COCCNS(=O)(=O)c1ccc(C(=O)N2CCCC(C)C2)cc1. The molecule has 0 saturated carbocycles. The molecule has 1 N–H and O–H groups in total. The van der Waals surface area contributed by atoms with E-state index in [1.165, 1.54) is 19.2 Å². The van der Waals surface area contributed by atoms with E-state index in [9.17, 15) is 13.2 Å². The van der Waals surface area contributed by atoms with Crippen molar-refractivity contribution in [2.24, 2.45) is 5.92 Å². The van der Waals surface area contributed by atoms with E-state index < -0.39 is 10.0 Å². The number of piperidine rings is 1. The number of methoxy groups -OCH3 is 1. The third-order valence-corrected chi connectivity index (χ3v) is 5.43. The van der Waals surface area contributed by atoms with E-state index in [-0.39, 0.29) is 17.3 Å². The topological polar surface area (TPSA) is 75.7 Å². The predicted octanol–water partition coefficient (Wildman–Crippen LogP) is 1.48. The Morgan fingerprint density at radius 3 is 2.65 bits per heavy atom. The van der Waals surface area contributed by atoms with E-state index >= 15 is 0 Å². The molecular weight excluding hydrogens is 316 g/mol. The van der Waals surface area contributed by atoms with Crippen molar-refractivity contribution in [1.82, 2.24) is 9.62 Å². The fourth-order valence-corrected chi connectivity index (χ4v) is 3.71. The minimum absolute atomic E-state index is 0.0344. The zero-order chi connectivity index (χ0) is 16.9. The number of benzene rings is 1. The lowest BCUT2D eigenvalue weighted by atomic mass is 9.99. The van der Waals surface area contributed by atoms with Crippen molar-refractivity contribution in [3.8, 4) is 0 Å². The van der Waals surface area contributed by atoms with Gasteiger partial charge in [-0.15, -0.1) is 0 Å². The Kier molecular flexibility index (Phi) is 6.15. The van der Waals surface area contributed by atoms with Crippen LogP contribution in [0, 0.1) is 5.92 Å². The number of nitrogens with one attached hydrogen (secondary N) is 1. The van der Waals surface area contributed by atoms with Gasteiger partial charge in [-0.05, 0) is 43.0 Å². The summed E-state index contributed by atoms with van der Waals surface area (Å²) in [5.41, 5.74) is 0.523. The highest BCUT2D eigenvalue weighted by atomic mass is 32.2. The maximum absolute atomic E-state index is 12.5. The van der Waals surface area contributed by atoms with E-state index in [2.05, 4.69) is 11.6 Å². The van der Waals surface area contributed by atoms with Crippen molar-refractivity contribution < 1.29 is 17.9 Å². The molecule has 0 bridgehead atoms. The molecule has 7 heteroatoms. The molecule has 1 fully saturated rings. The summed E-state index contributed by atoms with van der Waals surface area (Å²) >= 11 is 0. The zero-order valence-corrected chi connectivity index (χ0v) is 14.4. The monoisotopic (exact) mass is 340 g/mol. The first-order valence-corrected chi connectivity index (χ1v) is 9.30. The van der Waals surface area contributed by atoms with Gasteiger partial charge in [0, 0.05) is 32.3 Å². The lowest BCUT2D eigenvalue weighted by Crippen LogP contribution is -2.39. The summed E-state index contributed by atoms with van der Waals surface area (Å²) in [7, 11) is -2.05. The molecule has 2 rings (SSSR count). The molecular formula is C16H24N2O4S. The fraction of sp³-hybridized carbons (Fsp3) is 0.562. The number of hydrogen-bond donors (Lipinski definition) is 1. The molecule has 0 spiro atoms. The number of ether oxygens (including phenoxy) is 1. The first-order valence-electron chi connectivity index (χ1n) is 7.82. The highest BCUT2D eigenvalue weighted by molar-refractivity contribution is 7.89. The quantitative estimate of drug-likeness (QED) is 0.796. The summed E-state index contributed by atoms with van der Waals surface area (Å²) in [6.07, 6.45) is 2.16. The molecule has 1 unspecified atom stereocenters. The summed E-state index contributed by atoms with van der Waals surface area (Å²) < 4.78 is 31.4. The Morgan fingerprint density at radius 2 is 2.04 bits per heavy atom. The molecule has 1 saturated heterocycles. The third kappa shape index (κ3) is 4.76. The van der Waals surface area contributed by atoms with Gasteiger partial charge in [0.2, 0.25) is 10.0 Å². The average Bonchev–Trinajstić information content (AvgIpc) is 2.54. The van der Waals surface area contributed by atoms with Crippen molar-refractivity contribution in [2.45, 2.75) is 24.7 Å². The van der Waals surface area contributed by atoms with Crippen LogP contribution in [0.5, 0.6) is 0 Å².